The van der Waals surface area contributed by atoms with Crippen LogP contribution < -0.4 is 16.2 Å². The highest BCUT2D eigenvalue weighted by Gasteiger charge is 2.23. The van der Waals surface area contributed by atoms with Crippen LogP contribution >= 0.6 is 11.8 Å². The molecule has 2 heterocycles. The summed E-state index contributed by atoms with van der Waals surface area (Å²) in [5, 5.41) is 0. The van der Waals surface area contributed by atoms with Gasteiger partial charge in [0.15, 0.2) is 0 Å². The monoisotopic (exact) mass is 295 g/mol. The van der Waals surface area contributed by atoms with E-state index in [9.17, 15) is 0 Å². The molecule has 112 valence electrons. The molecule has 1 aromatic heterocycles. The first-order valence-electron chi connectivity index (χ1n) is 7.12. The molecule has 0 bridgehead atoms. The zero-order valence-corrected chi connectivity index (χ0v) is 13.7. The van der Waals surface area contributed by atoms with Gasteiger partial charge in [-0.05, 0) is 19.1 Å². The molecule has 0 aromatic carbocycles. The molecule has 1 aliphatic heterocycles. The van der Waals surface area contributed by atoms with Crippen molar-refractivity contribution in [1.82, 2.24) is 9.97 Å². The van der Waals surface area contributed by atoms with Crippen LogP contribution in [0.1, 0.15) is 38.6 Å². The van der Waals surface area contributed by atoms with E-state index in [2.05, 4.69) is 36.1 Å². The molecule has 20 heavy (non-hydrogen) atoms. The Bertz CT molecular complexity index is 461. The molecule has 0 atom stereocenters. The number of thioether (sulfide) groups is 1. The lowest BCUT2D eigenvalue weighted by molar-refractivity contribution is 0.544. The Morgan fingerprint density at radius 3 is 2.60 bits per heavy atom. The van der Waals surface area contributed by atoms with Gasteiger partial charge in [-0.25, -0.2) is 15.8 Å². The SMILES string of the molecule is Cc1c(NN)nc(C(C)(C)C)nc1N1CCCSCC1. The Morgan fingerprint density at radius 2 is 1.95 bits per heavy atom. The molecule has 1 aliphatic rings. The zero-order valence-electron chi connectivity index (χ0n) is 12.9. The van der Waals surface area contributed by atoms with Gasteiger partial charge in [0.05, 0.1) is 0 Å². The summed E-state index contributed by atoms with van der Waals surface area (Å²) in [6.07, 6.45) is 1.20. The smallest absolute Gasteiger partial charge is 0.148 e. The van der Waals surface area contributed by atoms with Gasteiger partial charge in [0.2, 0.25) is 0 Å². The topological polar surface area (TPSA) is 67.1 Å². The first kappa shape index (κ1) is 15.4. The maximum absolute atomic E-state index is 5.63. The first-order valence-corrected chi connectivity index (χ1v) is 8.27. The number of hydrogen-bond donors (Lipinski definition) is 2. The second-order valence-corrected chi connectivity index (χ2v) is 7.42. The lowest BCUT2D eigenvalue weighted by atomic mass is 9.95. The highest BCUT2D eigenvalue weighted by Crippen LogP contribution is 2.29. The van der Waals surface area contributed by atoms with E-state index in [1.807, 2.05) is 18.7 Å². The summed E-state index contributed by atoms with van der Waals surface area (Å²) in [6.45, 7) is 10.5. The van der Waals surface area contributed by atoms with Gasteiger partial charge in [-0.15, -0.1) is 0 Å². The Labute approximate surface area is 125 Å². The molecule has 6 heteroatoms. The molecule has 0 radical (unpaired) electrons. The van der Waals surface area contributed by atoms with Crippen molar-refractivity contribution in [3.8, 4) is 0 Å². The van der Waals surface area contributed by atoms with E-state index < -0.39 is 0 Å². The largest absolute Gasteiger partial charge is 0.355 e. The van der Waals surface area contributed by atoms with Gasteiger partial charge >= 0.3 is 0 Å². The summed E-state index contributed by atoms with van der Waals surface area (Å²) in [6, 6.07) is 0. The van der Waals surface area contributed by atoms with Crippen molar-refractivity contribution in [3.63, 3.8) is 0 Å². The van der Waals surface area contributed by atoms with Crippen LogP contribution in [0.2, 0.25) is 0 Å². The van der Waals surface area contributed by atoms with Gasteiger partial charge in [0, 0.05) is 29.8 Å². The van der Waals surface area contributed by atoms with Crippen LogP contribution in [0.3, 0.4) is 0 Å². The maximum atomic E-state index is 5.63. The molecule has 0 amide bonds. The molecular weight excluding hydrogens is 270 g/mol. The number of hydrogen-bond acceptors (Lipinski definition) is 6. The van der Waals surface area contributed by atoms with Crippen molar-refractivity contribution < 1.29 is 0 Å². The highest BCUT2D eigenvalue weighted by atomic mass is 32.2. The molecule has 1 fully saturated rings. The molecular formula is C14H25N5S. The third-order valence-electron chi connectivity index (χ3n) is 3.45. The maximum Gasteiger partial charge on any atom is 0.148 e. The van der Waals surface area contributed by atoms with E-state index in [1.165, 1.54) is 12.2 Å². The summed E-state index contributed by atoms with van der Waals surface area (Å²) in [5.41, 5.74) is 3.67. The second kappa shape index (κ2) is 6.18. The average Bonchev–Trinajstić information content (AvgIpc) is 2.66. The van der Waals surface area contributed by atoms with E-state index in [-0.39, 0.29) is 5.41 Å². The van der Waals surface area contributed by atoms with Gasteiger partial charge in [0.25, 0.3) is 0 Å². The van der Waals surface area contributed by atoms with E-state index in [0.717, 1.165) is 41.9 Å². The molecule has 1 aromatic rings. The highest BCUT2D eigenvalue weighted by molar-refractivity contribution is 7.99. The summed E-state index contributed by atoms with van der Waals surface area (Å²) in [4.78, 5) is 11.8. The number of nitrogens with two attached hydrogens (primary N) is 1. The van der Waals surface area contributed by atoms with Crippen molar-refractivity contribution >= 4 is 23.4 Å². The molecule has 0 aliphatic carbocycles. The number of rotatable bonds is 2. The van der Waals surface area contributed by atoms with Crippen molar-refractivity contribution in [2.45, 2.75) is 39.5 Å². The Morgan fingerprint density at radius 1 is 1.20 bits per heavy atom. The van der Waals surface area contributed by atoms with Gasteiger partial charge in [-0.1, -0.05) is 20.8 Å². The quantitative estimate of drug-likeness (QED) is 0.645. The minimum atomic E-state index is -0.0886. The fraction of sp³-hybridized carbons (Fsp3) is 0.714. The second-order valence-electron chi connectivity index (χ2n) is 6.19. The van der Waals surface area contributed by atoms with Gasteiger partial charge in [0.1, 0.15) is 17.5 Å². The van der Waals surface area contributed by atoms with Crippen LogP contribution in [0.4, 0.5) is 11.6 Å². The minimum Gasteiger partial charge on any atom is -0.355 e. The lowest BCUT2D eigenvalue weighted by Crippen LogP contribution is -2.30. The zero-order chi connectivity index (χ0) is 14.8. The van der Waals surface area contributed by atoms with E-state index in [1.54, 1.807) is 0 Å². The van der Waals surface area contributed by atoms with Crippen LogP contribution in [0, 0.1) is 6.92 Å². The molecule has 0 spiro atoms. The molecule has 2 rings (SSSR count). The number of aromatic nitrogens is 2. The predicted octanol–water partition coefficient (Wildman–Crippen LogP) is 2.31. The number of nitrogens with one attached hydrogen (secondary N) is 1. The normalized spacial score (nSPS) is 16.9. The summed E-state index contributed by atoms with van der Waals surface area (Å²) < 4.78 is 0. The third-order valence-corrected chi connectivity index (χ3v) is 4.50. The van der Waals surface area contributed by atoms with Crippen LogP contribution in [0.25, 0.3) is 0 Å². The average molecular weight is 295 g/mol. The molecule has 3 N–H and O–H groups in total. The van der Waals surface area contributed by atoms with Gasteiger partial charge < -0.3 is 10.3 Å². The summed E-state index contributed by atoms with van der Waals surface area (Å²) >= 11 is 2.01. The minimum absolute atomic E-state index is 0.0886. The Hall–Kier alpha value is -1.01. The molecule has 0 saturated carbocycles. The van der Waals surface area contributed by atoms with Crippen LogP contribution in [0.5, 0.6) is 0 Å². The number of hydrazine groups is 1. The van der Waals surface area contributed by atoms with Crippen LogP contribution in [0.15, 0.2) is 0 Å². The predicted molar refractivity (Wildman–Crippen MR) is 87.4 cm³/mol. The van der Waals surface area contributed by atoms with Gasteiger partial charge in [-0.2, -0.15) is 11.8 Å². The Kier molecular flexibility index (Phi) is 4.75. The van der Waals surface area contributed by atoms with Crippen molar-refractivity contribution in [1.29, 1.82) is 0 Å². The standard InChI is InChI=1S/C14H25N5S/c1-10-11(18-15)16-13(14(2,3)4)17-12(10)19-6-5-8-20-9-7-19/h5-9,15H2,1-4H3,(H,16,17,18). The fourth-order valence-corrected chi connectivity index (χ4v) is 3.13. The summed E-state index contributed by atoms with van der Waals surface area (Å²) in [5.74, 6) is 10.6. The lowest BCUT2D eigenvalue weighted by Gasteiger charge is -2.27. The molecule has 1 saturated heterocycles. The number of anilines is 2. The fourth-order valence-electron chi connectivity index (χ4n) is 2.25. The van der Waals surface area contributed by atoms with Crippen molar-refractivity contribution in [3.05, 3.63) is 11.4 Å². The summed E-state index contributed by atoms with van der Waals surface area (Å²) in [7, 11) is 0. The van der Waals surface area contributed by atoms with Crippen molar-refractivity contribution in [2.24, 2.45) is 5.84 Å². The van der Waals surface area contributed by atoms with E-state index in [4.69, 9.17) is 10.8 Å². The van der Waals surface area contributed by atoms with Crippen LogP contribution in [-0.2, 0) is 5.41 Å². The van der Waals surface area contributed by atoms with Gasteiger partial charge in [-0.3, -0.25) is 0 Å². The Balaban J connectivity index is 2.44. The van der Waals surface area contributed by atoms with E-state index >= 15 is 0 Å². The number of nitrogens with zero attached hydrogens (tertiary/aromatic N) is 3. The molecule has 5 nitrogen and oxygen atoms in total. The van der Waals surface area contributed by atoms with Crippen molar-refractivity contribution in [2.75, 3.05) is 34.9 Å². The van der Waals surface area contributed by atoms with Crippen LogP contribution in [-0.4, -0.2) is 34.6 Å². The number of nitrogen functional groups attached to an aromatic ring is 1. The van der Waals surface area contributed by atoms with E-state index in [0.29, 0.717) is 0 Å². The third kappa shape index (κ3) is 3.35. The molecule has 0 unspecified atom stereocenters. The first-order chi connectivity index (χ1) is 9.43.